The van der Waals surface area contributed by atoms with Crippen molar-refractivity contribution in [3.8, 4) is 11.3 Å². The van der Waals surface area contributed by atoms with Gasteiger partial charge in [0.2, 0.25) is 0 Å². The Hall–Kier alpha value is -1.23. The summed E-state index contributed by atoms with van der Waals surface area (Å²) in [6.45, 7) is 1.98. The van der Waals surface area contributed by atoms with Gasteiger partial charge in [0.1, 0.15) is 5.01 Å². The molecule has 1 heterocycles. The van der Waals surface area contributed by atoms with Crippen LogP contribution in [0.4, 0.5) is 0 Å². The van der Waals surface area contributed by atoms with Gasteiger partial charge in [-0.3, -0.25) is 0 Å². The molecule has 1 aromatic heterocycles. The fraction of sp³-hybridized carbons (Fsp3) is 0.250. The minimum atomic E-state index is -0.371. The largest absolute Gasteiger partial charge is 0.394 e. The Labute approximate surface area is 98.6 Å². The molecule has 0 aliphatic heterocycles. The van der Waals surface area contributed by atoms with Crippen LogP contribution >= 0.6 is 11.3 Å². The number of nitrogens with zero attached hydrogens (tertiary/aromatic N) is 1. The third-order valence-electron chi connectivity index (χ3n) is 2.38. The van der Waals surface area contributed by atoms with Crippen LogP contribution in [0.1, 0.15) is 16.6 Å². The lowest BCUT2D eigenvalue weighted by atomic mass is 10.1. The minimum Gasteiger partial charge on any atom is -0.394 e. The molecule has 84 valence electrons. The molecule has 1 atom stereocenters. The summed E-state index contributed by atoms with van der Waals surface area (Å²) in [5.41, 5.74) is 8.94. The zero-order valence-corrected chi connectivity index (χ0v) is 9.87. The molecule has 0 amide bonds. The predicted molar refractivity (Wildman–Crippen MR) is 66.3 cm³/mol. The van der Waals surface area contributed by atoms with Gasteiger partial charge in [-0.05, 0) is 6.92 Å². The third kappa shape index (κ3) is 2.29. The van der Waals surface area contributed by atoms with Gasteiger partial charge in [0.25, 0.3) is 0 Å². The van der Waals surface area contributed by atoms with Crippen molar-refractivity contribution < 1.29 is 5.11 Å². The van der Waals surface area contributed by atoms with Crippen molar-refractivity contribution in [2.45, 2.75) is 13.0 Å². The van der Waals surface area contributed by atoms with E-state index in [1.807, 2.05) is 17.5 Å². The number of hydrogen-bond acceptors (Lipinski definition) is 4. The highest BCUT2D eigenvalue weighted by Gasteiger charge is 2.10. The molecule has 0 aliphatic carbocycles. The molecular weight excluding hydrogens is 220 g/mol. The summed E-state index contributed by atoms with van der Waals surface area (Å²) in [7, 11) is 0. The molecule has 0 saturated carbocycles. The number of aliphatic hydroxyl groups is 1. The molecule has 0 bridgehead atoms. The molecule has 3 N–H and O–H groups in total. The van der Waals surface area contributed by atoms with Crippen molar-refractivity contribution >= 4 is 11.3 Å². The van der Waals surface area contributed by atoms with Crippen LogP contribution in [0.5, 0.6) is 0 Å². The van der Waals surface area contributed by atoms with E-state index in [0.717, 1.165) is 16.3 Å². The number of aliphatic hydroxyl groups excluding tert-OH is 1. The summed E-state index contributed by atoms with van der Waals surface area (Å²) in [6.07, 6.45) is 0. The predicted octanol–water partition coefficient (Wildman–Crippen LogP) is 2.11. The SMILES string of the molecule is Cc1ccc(-c2csc(C(N)CO)n2)cc1. The van der Waals surface area contributed by atoms with Crippen molar-refractivity contribution in [1.29, 1.82) is 0 Å². The fourth-order valence-corrected chi connectivity index (χ4v) is 2.21. The summed E-state index contributed by atoms with van der Waals surface area (Å²) < 4.78 is 0. The first-order chi connectivity index (χ1) is 7.70. The third-order valence-corrected chi connectivity index (χ3v) is 3.36. The summed E-state index contributed by atoms with van der Waals surface area (Å²) in [5, 5.41) is 11.7. The van der Waals surface area contributed by atoms with Crippen LogP contribution in [-0.4, -0.2) is 16.7 Å². The van der Waals surface area contributed by atoms with E-state index in [0.29, 0.717) is 0 Å². The molecule has 2 rings (SSSR count). The number of nitrogens with two attached hydrogens (primary N) is 1. The number of aryl methyl sites for hydroxylation is 1. The lowest BCUT2D eigenvalue weighted by Crippen LogP contribution is -2.13. The molecule has 0 saturated heterocycles. The smallest absolute Gasteiger partial charge is 0.112 e. The standard InChI is InChI=1S/C12H14N2OS/c1-8-2-4-9(5-3-8)11-7-16-12(14-11)10(13)6-15/h2-5,7,10,15H,6,13H2,1H3. The Morgan fingerprint density at radius 3 is 2.69 bits per heavy atom. The van der Waals surface area contributed by atoms with Crippen molar-refractivity contribution in [1.82, 2.24) is 4.98 Å². The van der Waals surface area contributed by atoms with E-state index >= 15 is 0 Å². The topological polar surface area (TPSA) is 59.1 Å². The van der Waals surface area contributed by atoms with E-state index in [-0.39, 0.29) is 12.6 Å². The number of thiazole rings is 1. The Balaban J connectivity index is 2.28. The Morgan fingerprint density at radius 1 is 1.38 bits per heavy atom. The van der Waals surface area contributed by atoms with Gasteiger partial charge in [-0.15, -0.1) is 11.3 Å². The molecule has 0 spiro atoms. The van der Waals surface area contributed by atoms with E-state index in [4.69, 9.17) is 10.8 Å². The van der Waals surface area contributed by atoms with E-state index in [1.54, 1.807) is 0 Å². The van der Waals surface area contributed by atoms with E-state index < -0.39 is 0 Å². The highest BCUT2D eigenvalue weighted by atomic mass is 32.1. The van der Waals surface area contributed by atoms with Gasteiger partial charge in [0.05, 0.1) is 18.3 Å². The average Bonchev–Trinajstić information content (AvgIpc) is 2.78. The van der Waals surface area contributed by atoms with Gasteiger partial charge in [0.15, 0.2) is 0 Å². The molecule has 16 heavy (non-hydrogen) atoms. The second kappa shape index (κ2) is 4.74. The van der Waals surface area contributed by atoms with E-state index in [2.05, 4.69) is 24.0 Å². The minimum absolute atomic E-state index is 0.0686. The average molecular weight is 234 g/mol. The van der Waals surface area contributed by atoms with E-state index in [9.17, 15) is 0 Å². The lowest BCUT2D eigenvalue weighted by molar-refractivity contribution is 0.268. The molecular formula is C12H14N2OS. The van der Waals surface area contributed by atoms with Gasteiger partial charge in [-0.1, -0.05) is 29.8 Å². The van der Waals surface area contributed by atoms with Crippen LogP contribution < -0.4 is 5.73 Å². The second-order valence-corrected chi connectivity index (χ2v) is 4.62. The first-order valence-electron chi connectivity index (χ1n) is 5.09. The zero-order valence-electron chi connectivity index (χ0n) is 9.05. The molecule has 4 heteroatoms. The van der Waals surface area contributed by atoms with Gasteiger partial charge in [-0.25, -0.2) is 4.98 Å². The lowest BCUT2D eigenvalue weighted by Gasteiger charge is -2.02. The number of rotatable bonds is 3. The number of hydrogen-bond donors (Lipinski definition) is 2. The molecule has 0 radical (unpaired) electrons. The first kappa shape index (κ1) is 11.3. The fourth-order valence-electron chi connectivity index (χ4n) is 1.39. The summed E-state index contributed by atoms with van der Waals surface area (Å²) >= 11 is 1.49. The maximum absolute atomic E-state index is 8.95. The normalized spacial score (nSPS) is 12.7. The van der Waals surface area contributed by atoms with Crippen LogP contribution in [0, 0.1) is 6.92 Å². The molecule has 1 aromatic carbocycles. The monoisotopic (exact) mass is 234 g/mol. The van der Waals surface area contributed by atoms with Crippen LogP contribution in [-0.2, 0) is 0 Å². The molecule has 0 aliphatic rings. The van der Waals surface area contributed by atoms with Gasteiger partial charge in [-0.2, -0.15) is 0 Å². The van der Waals surface area contributed by atoms with Gasteiger partial charge in [0, 0.05) is 10.9 Å². The summed E-state index contributed by atoms with van der Waals surface area (Å²) in [6, 6.07) is 7.82. The van der Waals surface area contributed by atoms with Crippen molar-refractivity contribution in [2.75, 3.05) is 6.61 Å². The number of benzene rings is 1. The quantitative estimate of drug-likeness (QED) is 0.855. The Bertz CT molecular complexity index is 464. The summed E-state index contributed by atoms with van der Waals surface area (Å²) in [5.74, 6) is 0. The van der Waals surface area contributed by atoms with Crippen molar-refractivity contribution in [3.05, 3.63) is 40.2 Å². The first-order valence-corrected chi connectivity index (χ1v) is 5.97. The number of aromatic nitrogens is 1. The zero-order chi connectivity index (χ0) is 11.5. The molecule has 0 fully saturated rings. The van der Waals surface area contributed by atoms with Crippen LogP contribution in [0.3, 0.4) is 0 Å². The van der Waals surface area contributed by atoms with E-state index in [1.165, 1.54) is 16.9 Å². The molecule has 2 aromatic rings. The van der Waals surface area contributed by atoms with Gasteiger partial charge >= 0.3 is 0 Å². The Morgan fingerprint density at radius 2 is 2.06 bits per heavy atom. The Kier molecular flexibility index (Phi) is 3.33. The molecule has 1 unspecified atom stereocenters. The highest BCUT2D eigenvalue weighted by Crippen LogP contribution is 2.24. The van der Waals surface area contributed by atoms with Gasteiger partial charge < -0.3 is 10.8 Å². The second-order valence-electron chi connectivity index (χ2n) is 3.73. The van der Waals surface area contributed by atoms with Crippen molar-refractivity contribution in [3.63, 3.8) is 0 Å². The van der Waals surface area contributed by atoms with Crippen molar-refractivity contribution in [2.24, 2.45) is 5.73 Å². The van der Waals surface area contributed by atoms with Crippen LogP contribution in [0.25, 0.3) is 11.3 Å². The van der Waals surface area contributed by atoms with Crippen LogP contribution in [0.15, 0.2) is 29.6 Å². The van der Waals surface area contributed by atoms with Crippen LogP contribution in [0.2, 0.25) is 0 Å². The highest BCUT2D eigenvalue weighted by molar-refractivity contribution is 7.10. The molecule has 3 nitrogen and oxygen atoms in total. The maximum Gasteiger partial charge on any atom is 0.112 e. The summed E-state index contributed by atoms with van der Waals surface area (Å²) in [4.78, 5) is 4.41. The maximum atomic E-state index is 8.95.